The number of rotatable bonds is 6. The van der Waals surface area contributed by atoms with Gasteiger partial charge in [-0.1, -0.05) is 59.8 Å². The summed E-state index contributed by atoms with van der Waals surface area (Å²) in [5, 5.41) is 12.6. The minimum atomic E-state index is -0.132. The molecule has 0 spiro atoms. The van der Waals surface area contributed by atoms with Gasteiger partial charge in [0, 0.05) is 12.1 Å². The lowest BCUT2D eigenvalue weighted by Crippen LogP contribution is -2.15. The van der Waals surface area contributed by atoms with Gasteiger partial charge in [0.05, 0.1) is 16.5 Å². The predicted molar refractivity (Wildman–Crippen MR) is 107 cm³/mol. The molecule has 0 unspecified atom stereocenters. The first-order valence-electron chi connectivity index (χ1n) is 8.26. The number of nitrogens with zero attached hydrogens (tertiary/aromatic N) is 3. The number of aryl methyl sites for hydroxylation is 1. The quantitative estimate of drug-likeness (QED) is 0.626. The fourth-order valence-electron chi connectivity index (χ4n) is 2.52. The molecule has 3 aromatic rings. The third kappa shape index (κ3) is 4.26. The Balaban J connectivity index is 1.68. The fourth-order valence-corrected chi connectivity index (χ4v) is 3.60. The zero-order chi connectivity index (χ0) is 18.5. The van der Waals surface area contributed by atoms with Gasteiger partial charge in [-0.3, -0.25) is 4.79 Å². The Bertz CT molecular complexity index is 911. The van der Waals surface area contributed by atoms with E-state index in [2.05, 4.69) is 15.5 Å². The average molecular weight is 387 g/mol. The molecule has 3 rings (SSSR count). The van der Waals surface area contributed by atoms with Crippen LogP contribution in [-0.2, 0) is 11.3 Å². The molecule has 1 heterocycles. The van der Waals surface area contributed by atoms with Gasteiger partial charge >= 0.3 is 0 Å². The van der Waals surface area contributed by atoms with Crippen molar-refractivity contribution in [1.82, 2.24) is 14.8 Å². The second-order valence-corrected chi connectivity index (χ2v) is 7.09. The number of carbonyl (C=O) groups excluding carboxylic acids is 1. The van der Waals surface area contributed by atoms with Gasteiger partial charge in [0.15, 0.2) is 11.0 Å². The molecule has 5 nitrogen and oxygen atoms in total. The van der Waals surface area contributed by atoms with Crippen molar-refractivity contribution in [3.8, 4) is 11.4 Å². The molecular formula is C19H19ClN4OS. The van der Waals surface area contributed by atoms with E-state index in [9.17, 15) is 4.79 Å². The van der Waals surface area contributed by atoms with Gasteiger partial charge in [-0.25, -0.2) is 0 Å². The molecule has 0 saturated heterocycles. The van der Waals surface area contributed by atoms with Gasteiger partial charge < -0.3 is 9.88 Å². The molecule has 0 radical (unpaired) electrons. The Hall–Kier alpha value is -2.31. The molecule has 0 aliphatic heterocycles. The Labute approximate surface area is 161 Å². The molecule has 26 heavy (non-hydrogen) atoms. The Kier molecular flexibility index (Phi) is 5.96. The summed E-state index contributed by atoms with van der Waals surface area (Å²) in [5.41, 5.74) is 2.67. The number of hydrogen-bond donors (Lipinski definition) is 1. The number of hydrogen-bond acceptors (Lipinski definition) is 4. The van der Waals surface area contributed by atoms with Crippen molar-refractivity contribution in [3.05, 3.63) is 59.1 Å². The molecule has 0 atom stereocenters. The normalized spacial score (nSPS) is 10.7. The van der Waals surface area contributed by atoms with E-state index in [0.29, 0.717) is 10.7 Å². The van der Waals surface area contributed by atoms with Crippen LogP contribution < -0.4 is 5.32 Å². The monoisotopic (exact) mass is 386 g/mol. The van der Waals surface area contributed by atoms with Gasteiger partial charge in [0.2, 0.25) is 5.91 Å². The number of amides is 1. The first kappa shape index (κ1) is 18.5. The van der Waals surface area contributed by atoms with E-state index in [0.717, 1.165) is 28.7 Å². The molecular weight excluding hydrogens is 368 g/mol. The summed E-state index contributed by atoms with van der Waals surface area (Å²) < 4.78 is 2.01. The first-order valence-corrected chi connectivity index (χ1v) is 9.62. The van der Waals surface area contributed by atoms with Gasteiger partial charge in [0.1, 0.15) is 0 Å². The summed E-state index contributed by atoms with van der Waals surface area (Å²) in [7, 11) is 0. The molecule has 1 aromatic heterocycles. The van der Waals surface area contributed by atoms with Crippen molar-refractivity contribution in [2.45, 2.75) is 25.5 Å². The molecule has 0 aliphatic rings. The topological polar surface area (TPSA) is 59.8 Å². The highest BCUT2D eigenvalue weighted by atomic mass is 35.5. The van der Waals surface area contributed by atoms with Crippen LogP contribution in [0.4, 0.5) is 5.69 Å². The highest BCUT2D eigenvalue weighted by Crippen LogP contribution is 2.25. The van der Waals surface area contributed by atoms with Crippen molar-refractivity contribution in [3.63, 3.8) is 0 Å². The smallest absolute Gasteiger partial charge is 0.234 e. The number of thioether (sulfide) groups is 1. The minimum Gasteiger partial charge on any atom is -0.324 e. The second kappa shape index (κ2) is 8.38. The van der Waals surface area contributed by atoms with Crippen molar-refractivity contribution in [2.75, 3.05) is 11.1 Å². The first-order chi connectivity index (χ1) is 12.6. The van der Waals surface area contributed by atoms with Crippen LogP contribution in [0.5, 0.6) is 0 Å². The largest absolute Gasteiger partial charge is 0.324 e. The maximum atomic E-state index is 12.3. The molecule has 0 aliphatic carbocycles. The number of aromatic nitrogens is 3. The molecule has 0 saturated carbocycles. The molecule has 1 N–H and O–H groups in total. The summed E-state index contributed by atoms with van der Waals surface area (Å²) in [4.78, 5) is 12.3. The van der Waals surface area contributed by atoms with Crippen molar-refractivity contribution < 1.29 is 4.79 Å². The fraction of sp³-hybridized carbons (Fsp3) is 0.211. The van der Waals surface area contributed by atoms with Gasteiger partial charge in [-0.15, -0.1) is 10.2 Å². The average Bonchev–Trinajstić information content (AvgIpc) is 3.06. The van der Waals surface area contributed by atoms with Crippen LogP contribution >= 0.6 is 23.4 Å². The van der Waals surface area contributed by atoms with Gasteiger partial charge in [-0.05, 0) is 31.5 Å². The number of nitrogens with one attached hydrogen (secondary N) is 1. The molecule has 0 bridgehead atoms. The number of anilines is 1. The highest BCUT2D eigenvalue weighted by Gasteiger charge is 2.15. The van der Waals surface area contributed by atoms with Crippen LogP contribution in [0.25, 0.3) is 11.4 Å². The Morgan fingerprint density at radius 1 is 1.19 bits per heavy atom. The van der Waals surface area contributed by atoms with Crippen LogP contribution in [-0.4, -0.2) is 26.4 Å². The van der Waals surface area contributed by atoms with E-state index in [1.54, 1.807) is 0 Å². The zero-order valence-electron chi connectivity index (χ0n) is 14.6. The van der Waals surface area contributed by atoms with E-state index in [1.807, 2.05) is 66.9 Å². The van der Waals surface area contributed by atoms with E-state index < -0.39 is 0 Å². The highest BCUT2D eigenvalue weighted by molar-refractivity contribution is 7.99. The summed E-state index contributed by atoms with van der Waals surface area (Å²) in [6.45, 7) is 4.71. The van der Waals surface area contributed by atoms with E-state index >= 15 is 0 Å². The lowest BCUT2D eigenvalue weighted by molar-refractivity contribution is -0.113. The van der Waals surface area contributed by atoms with Crippen LogP contribution in [0.3, 0.4) is 0 Å². The third-order valence-corrected chi connectivity index (χ3v) is 5.08. The number of benzene rings is 2. The Morgan fingerprint density at radius 3 is 2.65 bits per heavy atom. The predicted octanol–water partition coefficient (Wildman–Crippen LogP) is 4.66. The summed E-state index contributed by atoms with van der Waals surface area (Å²) >= 11 is 7.52. The van der Waals surface area contributed by atoms with Gasteiger partial charge in [-0.2, -0.15) is 0 Å². The molecule has 134 valence electrons. The third-order valence-electron chi connectivity index (χ3n) is 3.80. The molecule has 2 aromatic carbocycles. The lowest BCUT2D eigenvalue weighted by atomic mass is 10.2. The molecule has 1 amide bonds. The SMILES string of the molecule is CCn1c(SCC(=O)Nc2ccc(C)cc2Cl)nnc1-c1ccccc1. The van der Waals surface area contributed by atoms with Crippen LogP contribution in [0.1, 0.15) is 12.5 Å². The van der Waals surface area contributed by atoms with Crippen LogP contribution in [0.15, 0.2) is 53.7 Å². The van der Waals surface area contributed by atoms with Crippen molar-refractivity contribution in [1.29, 1.82) is 0 Å². The summed E-state index contributed by atoms with van der Waals surface area (Å²) in [6.07, 6.45) is 0. The number of carbonyl (C=O) groups is 1. The van der Waals surface area contributed by atoms with Crippen LogP contribution in [0, 0.1) is 6.92 Å². The minimum absolute atomic E-state index is 0.132. The maximum absolute atomic E-state index is 12.3. The number of halogens is 1. The van der Waals surface area contributed by atoms with E-state index in [1.165, 1.54) is 11.8 Å². The van der Waals surface area contributed by atoms with E-state index in [4.69, 9.17) is 11.6 Å². The van der Waals surface area contributed by atoms with Crippen LogP contribution in [0.2, 0.25) is 5.02 Å². The zero-order valence-corrected chi connectivity index (χ0v) is 16.1. The maximum Gasteiger partial charge on any atom is 0.234 e. The van der Waals surface area contributed by atoms with Crippen molar-refractivity contribution >= 4 is 35.0 Å². The summed E-state index contributed by atoms with van der Waals surface area (Å²) in [5.74, 6) is 0.905. The second-order valence-electron chi connectivity index (χ2n) is 5.74. The molecule has 7 heteroatoms. The standard InChI is InChI=1S/C19H19ClN4OS/c1-3-24-18(14-7-5-4-6-8-14)22-23-19(24)26-12-17(25)21-16-10-9-13(2)11-15(16)20/h4-11H,3,12H2,1-2H3,(H,21,25). The summed E-state index contributed by atoms with van der Waals surface area (Å²) in [6, 6.07) is 15.4. The molecule has 0 fully saturated rings. The van der Waals surface area contributed by atoms with Gasteiger partial charge in [0.25, 0.3) is 0 Å². The lowest BCUT2D eigenvalue weighted by Gasteiger charge is -2.09. The van der Waals surface area contributed by atoms with Crippen molar-refractivity contribution in [2.24, 2.45) is 0 Å². The Morgan fingerprint density at radius 2 is 1.96 bits per heavy atom. The van der Waals surface area contributed by atoms with E-state index in [-0.39, 0.29) is 11.7 Å².